The molecule has 1 aromatic carbocycles. The Bertz CT molecular complexity index is 1210. The Morgan fingerprint density at radius 1 is 1.00 bits per heavy atom. The lowest BCUT2D eigenvalue weighted by molar-refractivity contribution is -0.127. The van der Waals surface area contributed by atoms with E-state index >= 15 is 0 Å². The van der Waals surface area contributed by atoms with Gasteiger partial charge >= 0.3 is 0 Å². The summed E-state index contributed by atoms with van der Waals surface area (Å²) in [5, 5.41) is 22.4. The molecule has 4 heteroatoms. The van der Waals surface area contributed by atoms with Crippen molar-refractivity contribution < 1.29 is 14.9 Å². The minimum Gasteiger partial charge on any atom is -0.504 e. The normalized spacial score (nSPS) is 42.3. The minimum atomic E-state index is -0.106. The van der Waals surface area contributed by atoms with Gasteiger partial charge in [0.25, 0.3) is 0 Å². The van der Waals surface area contributed by atoms with Crippen LogP contribution in [0.25, 0.3) is 12.7 Å². The number of fused-ring (bicyclic) bond motifs is 7. The molecule has 4 nitrogen and oxygen atoms in total. The van der Waals surface area contributed by atoms with E-state index < -0.39 is 0 Å². The maximum absolute atomic E-state index is 10.5. The third-order valence-corrected chi connectivity index (χ3v) is 11.8. The van der Waals surface area contributed by atoms with Crippen LogP contribution in [0.5, 0.6) is 11.5 Å². The van der Waals surface area contributed by atoms with Gasteiger partial charge in [-0.2, -0.15) is 0 Å². The Morgan fingerprint density at radius 2 is 1.75 bits per heavy atom. The number of benzene rings is 1. The number of phenolic OH excluding ortho intramolecular Hbond substituents is 2. The molecule has 1 saturated heterocycles. The van der Waals surface area contributed by atoms with E-state index in [4.69, 9.17) is 4.74 Å². The molecule has 0 amide bonds. The number of hydrogen-bond donors (Lipinski definition) is 2. The molecule has 196 valence electrons. The number of hydrogen-bond acceptors (Lipinski definition) is 4. The van der Waals surface area contributed by atoms with Gasteiger partial charge in [-0.1, -0.05) is 52.0 Å². The molecule has 6 atom stereocenters. The van der Waals surface area contributed by atoms with Crippen molar-refractivity contribution in [3.8, 4) is 11.5 Å². The van der Waals surface area contributed by atoms with E-state index in [1.54, 1.807) is 5.57 Å². The van der Waals surface area contributed by atoms with E-state index in [0.29, 0.717) is 27.4 Å². The smallest absolute Gasteiger partial charge is 0.164 e. The molecule has 5 aliphatic rings. The third-order valence-electron chi connectivity index (χ3n) is 11.8. The molecule has 0 bridgehead atoms. The average Bonchev–Trinajstić information content (AvgIpc) is 2.85. The topological polar surface area (TPSA) is 52.9 Å². The highest BCUT2D eigenvalue weighted by molar-refractivity contribution is 5.60. The molecule has 0 spiro atoms. The highest BCUT2D eigenvalue weighted by atomic mass is 16.5. The van der Waals surface area contributed by atoms with Crippen LogP contribution in [-0.4, -0.2) is 48.0 Å². The fraction of sp³-hybridized carbons (Fsp3) is 0.688. The highest BCUT2D eigenvalue weighted by Crippen LogP contribution is 2.69. The molecule has 1 aliphatic heterocycles. The van der Waals surface area contributed by atoms with Gasteiger partial charge in [-0.25, -0.2) is 0 Å². The van der Waals surface area contributed by atoms with Crippen molar-refractivity contribution in [3.63, 3.8) is 0 Å². The molecule has 6 unspecified atom stereocenters. The molecular formula is C32H45NO3. The summed E-state index contributed by atoms with van der Waals surface area (Å²) in [4.78, 5) is 2.65. The molecule has 36 heavy (non-hydrogen) atoms. The molecule has 1 heterocycles. The van der Waals surface area contributed by atoms with Gasteiger partial charge in [-0.05, 0) is 89.9 Å². The first kappa shape index (κ1) is 24.6. The van der Waals surface area contributed by atoms with Crippen LogP contribution in [0, 0.1) is 28.1 Å². The first-order valence-electron chi connectivity index (χ1n) is 14.3. The van der Waals surface area contributed by atoms with Gasteiger partial charge in [0.1, 0.15) is 0 Å². The third kappa shape index (κ3) is 3.46. The van der Waals surface area contributed by atoms with Crippen LogP contribution in [0.1, 0.15) is 78.2 Å². The SMILES string of the molecule is C=c1c(O)c(O)cc2c1=CC=C1C3CCC4(C)CCC(C)(CN5CCOCC5)CC4C3(C)CCC12C. The second-order valence-corrected chi connectivity index (χ2v) is 14.0. The van der Waals surface area contributed by atoms with Crippen LogP contribution in [0.2, 0.25) is 0 Å². The van der Waals surface area contributed by atoms with Crippen LogP contribution < -0.4 is 10.4 Å². The summed E-state index contributed by atoms with van der Waals surface area (Å²) < 4.78 is 5.63. The van der Waals surface area contributed by atoms with Gasteiger partial charge in [-0.3, -0.25) is 4.90 Å². The van der Waals surface area contributed by atoms with Gasteiger partial charge < -0.3 is 14.9 Å². The molecule has 4 aliphatic carbocycles. The summed E-state index contributed by atoms with van der Waals surface area (Å²) in [7, 11) is 0. The highest BCUT2D eigenvalue weighted by Gasteiger charge is 2.61. The quantitative estimate of drug-likeness (QED) is 0.581. The first-order chi connectivity index (χ1) is 17.0. The van der Waals surface area contributed by atoms with Crippen LogP contribution in [0.4, 0.5) is 0 Å². The Balaban J connectivity index is 1.36. The van der Waals surface area contributed by atoms with Gasteiger partial charge in [0.05, 0.1) is 13.2 Å². The van der Waals surface area contributed by atoms with E-state index in [1.807, 2.05) is 6.07 Å². The molecule has 2 N–H and O–H groups in total. The fourth-order valence-electron chi connectivity index (χ4n) is 9.47. The lowest BCUT2D eigenvalue weighted by Gasteiger charge is -2.65. The lowest BCUT2D eigenvalue weighted by Crippen LogP contribution is -2.59. The van der Waals surface area contributed by atoms with Crippen molar-refractivity contribution in [3.05, 3.63) is 33.7 Å². The van der Waals surface area contributed by atoms with E-state index in [1.165, 1.54) is 45.1 Å². The van der Waals surface area contributed by atoms with E-state index in [9.17, 15) is 10.2 Å². The fourth-order valence-corrected chi connectivity index (χ4v) is 9.47. The summed E-state index contributed by atoms with van der Waals surface area (Å²) in [5.74, 6) is 1.17. The van der Waals surface area contributed by atoms with Crippen molar-refractivity contribution in [1.82, 2.24) is 4.90 Å². The van der Waals surface area contributed by atoms with Crippen molar-refractivity contribution in [1.29, 1.82) is 0 Å². The number of allylic oxidation sites excluding steroid dienone is 2. The molecule has 1 aromatic rings. The largest absolute Gasteiger partial charge is 0.504 e. The van der Waals surface area contributed by atoms with E-state index in [2.05, 4.69) is 51.3 Å². The standard InChI is InChI=1S/C32H45NO3/c1-21-22-6-7-23-24-8-9-30(3)11-10-29(2,20-33-14-16-36-17-15-33)19-27(30)32(24,5)13-12-31(23,4)25(22)18-26(34)28(21)35/h6-7,18,24,27,34-35H,1,8-17,19-20H2,2-5H3. The van der Waals surface area contributed by atoms with Crippen molar-refractivity contribution in [2.24, 2.45) is 28.1 Å². The minimum absolute atomic E-state index is 0.0367. The van der Waals surface area contributed by atoms with Gasteiger partial charge in [-0.15, -0.1) is 0 Å². The monoisotopic (exact) mass is 491 g/mol. The molecule has 0 radical (unpaired) electrons. The van der Waals surface area contributed by atoms with Gasteiger partial charge in [0.15, 0.2) is 11.5 Å². The van der Waals surface area contributed by atoms with Crippen molar-refractivity contribution in [2.45, 2.75) is 78.1 Å². The number of phenols is 2. The molecule has 4 fully saturated rings. The summed E-state index contributed by atoms with van der Waals surface area (Å²) in [6.45, 7) is 19.4. The second-order valence-electron chi connectivity index (χ2n) is 14.0. The molecule has 0 aromatic heterocycles. The maximum Gasteiger partial charge on any atom is 0.164 e. The number of morpholine rings is 1. The lowest BCUT2D eigenvalue weighted by atomic mass is 9.39. The van der Waals surface area contributed by atoms with Crippen LogP contribution in [0.15, 0.2) is 17.7 Å². The number of aromatic hydroxyl groups is 2. The maximum atomic E-state index is 10.5. The zero-order valence-electron chi connectivity index (χ0n) is 22.8. The molecular weight excluding hydrogens is 446 g/mol. The van der Waals surface area contributed by atoms with Crippen LogP contribution in [0.3, 0.4) is 0 Å². The summed E-state index contributed by atoms with van der Waals surface area (Å²) in [6, 6.07) is 1.82. The molecule has 3 saturated carbocycles. The number of nitrogens with zero attached hydrogens (tertiary/aromatic N) is 1. The zero-order chi connectivity index (χ0) is 25.5. The summed E-state index contributed by atoms with van der Waals surface area (Å²) in [5.41, 5.74) is 3.70. The second kappa shape index (κ2) is 8.11. The van der Waals surface area contributed by atoms with Crippen molar-refractivity contribution >= 4 is 12.7 Å². The summed E-state index contributed by atoms with van der Waals surface area (Å²) >= 11 is 0. The van der Waals surface area contributed by atoms with E-state index in [-0.39, 0.29) is 16.9 Å². The number of rotatable bonds is 2. The molecule has 6 rings (SSSR count). The van der Waals surface area contributed by atoms with Crippen molar-refractivity contribution in [2.75, 3.05) is 32.8 Å². The van der Waals surface area contributed by atoms with Gasteiger partial charge in [0, 0.05) is 30.3 Å². The predicted octanol–water partition coefficient (Wildman–Crippen LogP) is 4.84. The van der Waals surface area contributed by atoms with Crippen LogP contribution >= 0.6 is 0 Å². The summed E-state index contributed by atoms with van der Waals surface area (Å²) in [6.07, 6.45) is 13.4. The van der Waals surface area contributed by atoms with Gasteiger partial charge in [0.2, 0.25) is 0 Å². The Morgan fingerprint density at radius 3 is 2.50 bits per heavy atom. The Labute approximate surface area is 216 Å². The predicted molar refractivity (Wildman–Crippen MR) is 145 cm³/mol. The Hall–Kier alpha value is -1.78. The first-order valence-corrected chi connectivity index (χ1v) is 14.3. The Kier molecular flexibility index (Phi) is 5.53. The average molecular weight is 492 g/mol. The van der Waals surface area contributed by atoms with E-state index in [0.717, 1.165) is 49.4 Å². The zero-order valence-corrected chi connectivity index (χ0v) is 22.8. The number of ether oxygens (including phenoxy) is 1. The van der Waals surface area contributed by atoms with Crippen LogP contribution in [-0.2, 0) is 10.2 Å².